The molecule has 9 aromatic rings. The van der Waals surface area contributed by atoms with Crippen LogP contribution < -0.4 is 4.90 Å². The molecule has 0 bridgehead atoms. The molecule has 0 spiro atoms. The lowest BCUT2D eigenvalue weighted by Gasteiger charge is -2.27. The largest absolute Gasteiger partial charge is 0.456 e. The molecule has 4 nitrogen and oxygen atoms in total. The number of benzene rings is 7. The average Bonchev–Trinajstić information content (AvgIpc) is 3.85. The maximum absolute atomic E-state index is 9.59. The number of hydrogen-bond donors (Lipinski definition) is 0. The Labute approximate surface area is 343 Å². The van der Waals surface area contributed by atoms with Crippen LogP contribution in [-0.4, -0.2) is 4.57 Å². The van der Waals surface area contributed by atoms with E-state index in [1.165, 1.54) is 50.0 Å². The zero-order valence-electron chi connectivity index (χ0n) is 32.4. The smallest absolute Gasteiger partial charge is 0.135 e. The number of anilines is 3. The average molecular weight is 758 g/mol. The Bertz CT molecular complexity index is 3170. The molecule has 0 radical (unpaired) electrons. The first kappa shape index (κ1) is 34.6. The van der Waals surface area contributed by atoms with Gasteiger partial charge in [0.15, 0.2) is 0 Å². The first-order valence-corrected chi connectivity index (χ1v) is 20.4. The van der Waals surface area contributed by atoms with Crippen molar-refractivity contribution in [3.05, 3.63) is 216 Å². The topological polar surface area (TPSA) is 45.1 Å². The van der Waals surface area contributed by atoms with E-state index in [-0.39, 0.29) is 0 Å². The van der Waals surface area contributed by atoms with Gasteiger partial charge in [0.05, 0.1) is 17.1 Å². The van der Waals surface area contributed by atoms with Crippen LogP contribution in [0.25, 0.3) is 61.3 Å². The van der Waals surface area contributed by atoms with Crippen molar-refractivity contribution in [2.45, 2.75) is 25.2 Å². The van der Waals surface area contributed by atoms with Crippen LogP contribution in [0, 0.1) is 11.3 Å². The highest BCUT2D eigenvalue weighted by Gasteiger charge is 2.23. The van der Waals surface area contributed by atoms with Crippen LogP contribution in [0.4, 0.5) is 17.1 Å². The molecule has 2 aliphatic carbocycles. The molecule has 11 rings (SSSR count). The summed E-state index contributed by atoms with van der Waals surface area (Å²) in [5.41, 5.74) is 16.8. The summed E-state index contributed by atoms with van der Waals surface area (Å²) in [6.45, 7) is 0. The summed E-state index contributed by atoms with van der Waals surface area (Å²) in [5, 5.41) is 12.8. The van der Waals surface area contributed by atoms with Crippen LogP contribution in [0.15, 0.2) is 193 Å². The van der Waals surface area contributed by atoms with Crippen LogP contribution in [0.5, 0.6) is 0 Å². The van der Waals surface area contributed by atoms with Crippen molar-refractivity contribution < 1.29 is 4.42 Å². The molecule has 2 aromatic heterocycles. The van der Waals surface area contributed by atoms with Crippen LogP contribution in [0.3, 0.4) is 0 Å². The minimum atomic E-state index is 0.407. The van der Waals surface area contributed by atoms with E-state index in [1.807, 2.05) is 18.2 Å². The zero-order valence-corrected chi connectivity index (χ0v) is 32.4. The van der Waals surface area contributed by atoms with Gasteiger partial charge in [0.2, 0.25) is 0 Å². The highest BCUT2D eigenvalue weighted by molar-refractivity contribution is 6.06. The van der Waals surface area contributed by atoms with Crippen molar-refractivity contribution in [2.75, 3.05) is 4.90 Å². The lowest BCUT2D eigenvalue weighted by atomic mass is 9.91. The Morgan fingerprint density at radius 3 is 1.98 bits per heavy atom. The Hall–Kier alpha value is -7.61. The summed E-state index contributed by atoms with van der Waals surface area (Å²) in [6, 6.07) is 60.7. The van der Waals surface area contributed by atoms with Crippen molar-refractivity contribution in [2.24, 2.45) is 0 Å². The first-order valence-electron chi connectivity index (χ1n) is 20.4. The molecule has 2 aliphatic rings. The predicted octanol–water partition coefficient (Wildman–Crippen LogP) is 14.6. The highest BCUT2D eigenvalue weighted by atomic mass is 16.3. The van der Waals surface area contributed by atoms with Crippen molar-refractivity contribution >= 4 is 61.6 Å². The van der Waals surface area contributed by atoms with Gasteiger partial charge in [-0.3, -0.25) is 0 Å². The number of furan rings is 1. The summed E-state index contributed by atoms with van der Waals surface area (Å²) in [6.07, 6.45) is 14.1. The summed E-state index contributed by atoms with van der Waals surface area (Å²) in [4.78, 5) is 2.36. The van der Waals surface area contributed by atoms with Gasteiger partial charge in [-0.1, -0.05) is 109 Å². The number of para-hydroxylation sites is 1. The summed E-state index contributed by atoms with van der Waals surface area (Å²) in [7, 11) is 0. The molecule has 4 heteroatoms. The zero-order chi connectivity index (χ0) is 39.3. The van der Waals surface area contributed by atoms with Crippen LogP contribution in [0.2, 0.25) is 0 Å². The second-order valence-corrected chi connectivity index (χ2v) is 15.5. The Morgan fingerprint density at radius 1 is 0.593 bits per heavy atom. The molecule has 1 unspecified atom stereocenters. The van der Waals surface area contributed by atoms with E-state index in [0.717, 1.165) is 64.0 Å². The minimum Gasteiger partial charge on any atom is -0.456 e. The maximum atomic E-state index is 9.59. The molecule has 0 saturated heterocycles. The molecular weight excluding hydrogens is 719 g/mol. The lowest BCUT2D eigenvalue weighted by Crippen LogP contribution is -2.10. The molecule has 0 amide bonds. The van der Waals surface area contributed by atoms with Gasteiger partial charge in [0, 0.05) is 56.1 Å². The molecule has 7 aromatic carbocycles. The Morgan fingerprint density at radius 2 is 1.25 bits per heavy atom. The number of nitriles is 1. The first-order chi connectivity index (χ1) is 29.2. The van der Waals surface area contributed by atoms with Gasteiger partial charge < -0.3 is 13.9 Å². The molecule has 59 heavy (non-hydrogen) atoms. The molecule has 0 fully saturated rings. The van der Waals surface area contributed by atoms with E-state index in [9.17, 15) is 5.26 Å². The second kappa shape index (κ2) is 14.4. The molecule has 1 atom stereocenters. The van der Waals surface area contributed by atoms with E-state index in [1.54, 1.807) is 0 Å². The Kier molecular flexibility index (Phi) is 8.45. The highest BCUT2D eigenvalue weighted by Crippen LogP contribution is 2.42. The van der Waals surface area contributed by atoms with Crippen LogP contribution in [0.1, 0.15) is 46.7 Å². The van der Waals surface area contributed by atoms with E-state index < -0.39 is 0 Å². The van der Waals surface area contributed by atoms with Gasteiger partial charge in [-0.05, 0) is 132 Å². The monoisotopic (exact) mass is 757 g/mol. The molecule has 0 aliphatic heterocycles. The maximum Gasteiger partial charge on any atom is 0.135 e. The Balaban J connectivity index is 0.954. The minimum absolute atomic E-state index is 0.407. The van der Waals surface area contributed by atoms with Crippen molar-refractivity contribution in [3.8, 4) is 22.9 Å². The van der Waals surface area contributed by atoms with Gasteiger partial charge in [-0.2, -0.15) is 5.26 Å². The van der Waals surface area contributed by atoms with E-state index in [4.69, 9.17) is 4.42 Å². The number of hydrogen-bond acceptors (Lipinski definition) is 3. The molecule has 280 valence electrons. The quantitative estimate of drug-likeness (QED) is 0.163. The number of fused-ring (bicyclic) bond motifs is 6. The number of allylic oxidation sites excluding steroid dienone is 5. The predicted molar refractivity (Wildman–Crippen MR) is 244 cm³/mol. The molecular formula is C55H39N3O. The number of nitrogens with zero attached hydrogens (tertiary/aromatic N) is 3. The molecule has 2 heterocycles. The van der Waals surface area contributed by atoms with Gasteiger partial charge in [0.1, 0.15) is 11.2 Å². The number of rotatable bonds is 7. The fourth-order valence-electron chi connectivity index (χ4n) is 9.12. The summed E-state index contributed by atoms with van der Waals surface area (Å²) < 4.78 is 8.59. The van der Waals surface area contributed by atoms with Gasteiger partial charge >= 0.3 is 0 Å². The van der Waals surface area contributed by atoms with Gasteiger partial charge in [-0.25, -0.2) is 0 Å². The molecule has 0 N–H and O–H groups in total. The van der Waals surface area contributed by atoms with E-state index in [2.05, 4.69) is 192 Å². The summed E-state index contributed by atoms with van der Waals surface area (Å²) in [5.74, 6) is 0.407. The third-order valence-corrected chi connectivity index (χ3v) is 12.1. The third-order valence-electron chi connectivity index (χ3n) is 12.1. The summed E-state index contributed by atoms with van der Waals surface area (Å²) >= 11 is 0. The molecule has 0 saturated carbocycles. The van der Waals surface area contributed by atoms with Crippen LogP contribution in [-0.2, 0) is 6.42 Å². The fraction of sp³-hybridized carbons (Fsp3) is 0.0727. The van der Waals surface area contributed by atoms with Crippen LogP contribution >= 0.6 is 0 Å². The standard InChI is InChI=1S/C55H39N3O/c56-36-37-15-31-54-50(33-37)51-35-47(29-32-55(51)59-54)58-52-14-8-7-13-48(52)49-34-43(22-30-53(49)58)42-20-27-46(28-21-42)57(44-23-16-40(17-24-44)38-9-3-1-4-10-38)45-25-18-41(19-26-45)39-11-5-2-6-12-39/h1-11,13-21,23-29,31-35,39H,12,22,30H2. The van der Waals surface area contributed by atoms with E-state index >= 15 is 0 Å². The normalized spacial score (nSPS) is 14.7. The van der Waals surface area contributed by atoms with Gasteiger partial charge in [0.25, 0.3) is 0 Å². The van der Waals surface area contributed by atoms with Gasteiger partial charge in [-0.15, -0.1) is 0 Å². The number of aromatic nitrogens is 1. The second-order valence-electron chi connectivity index (χ2n) is 15.5. The lowest BCUT2D eigenvalue weighted by molar-refractivity contribution is 0.669. The van der Waals surface area contributed by atoms with Crippen molar-refractivity contribution in [1.29, 1.82) is 5.26 Å². The fourth-order valence-corrected chi connectivity index (χ4v) is 9.12. The van der Waals surface area contributed by atoms with Crippen molar-refractivity contribution in [1.82, 2.24) is 4.57 Å². The van der Waals surface area contributed by atoms with Crippen molar-refractivity contribution in [3.63, 3.8) is 0 Å². The SMILES string of the molecule is N#Cc1ccc2oc3ccc(-n4c5c(c6ccccc64)C=C(c4ccc(N(c6ccc(-c7ccccc7)cc6)c6ccc(C7C=CC=CC7)cc6)cc4)CC5)cc3c2c1. The van der Waals surface area contributed by atoms with E-state index in [0.29, 0.717) is 11.5 Å². The third kappa shape index (κ3) is 6.16.